The molecule has 118 valence electrons. The molecule has 2 unspecified atom stereocenters. The molecule has 1 aromatic carbocycles. The maximum Gasteiger partial charge on any atom is 0.150 e. The third-order valence-electron chi connectivity index (χ3n) is 3.57. The van der Waals surface area contributed by atoms with Crippen molar-refractivity contribution in [1.29, 1.82) is 0 Å². The van der Waals surface area contributed by atoms with Gasteiger partial charge in [-0.2, -0.15) is 0 Å². The van der Waals surface area contributed by atoms with Crippen molar-refractivity contribution in [3.05, 3.63) is 29.8 Å². The molecule has 6 heteroatoms. The molecule has 1 saturated heterocycles. The molecular weight excluding hydrogens is 290 g/mol. The third-order valence-corrected chi connectivity index (χ3v) is 5.41. The fourth-order valence-electron chi connectivity index (χ4n) is 2.44. The minimum absolute atomic E-state index is 0.167. The first-order chi connectivity index (χ1) is 9.94. The van der Waals surface area contributed by atoms with E-state index in [1.807, 2.05) is 31.2 Å². The summed E-state index contributed by atoms with van der Waals surface area (Å²) >= 11 is 0. The van der Waals surface area contributed by atoms with Crippen molar-refractivity contribution in [2.45, 2.75) is 19.4 Å². The quantitative estimate of drug-likeness (QED) is 0.777. The van der Waals surface area contributed by atoms with E-state index in [1.54, 1.807) is 0 Å². The van der Waals surface area contributed by atoms with E-state index in [-0.39, 0.29) is 18.3 Å². The molecular formula is C15H23NO4S. The van der Waals surface area contributed by atoms with Gasteiger partial charge in [-0.25, -0.2) is 8.42 Å². The molecule has 21 heavy (non-hydrogen) atoms. The average molecular weight is 313 g/mol. The Morgan fingerprint density at radius 2 is 2.29 bits per heavy atom. The van der Waals surface area contributed by atoms with Crippen LogP contribution < -0.4 is 10.1 Å². The average Bonchev–Trinajstić information content (AvgIpc) is 2.76. The van der Waals surface area contributed by atoms with Crippen LogP contribution in [0.4, 0.5) is 0 Å². The summed E-state index contributed by atoms with van der Waals surface area (Å²) in [7, 11) is -2.82. The zero-order valence-electron chi connectivity index (χ0n) is 12.3. The van der Waals surface area contributed by atoms with E-state index in [0.717, 1.165) is 11.3 Å². The fourth-order valence-corrected chi connectivity index (χ4v) is 4.31. The van der Waals surface area contributed by atoms with Crippen molar-refractivity contribution in [3.63, 3.8) is 0 Å². The van der Waals surface area contributed by atoms with Crippen molar-refractivity contribution in [2.75, 3.05) is 31.2 Å². The Kier molecular flexibility index (Phi) is 5.61. The fraction of sp³-hybridized carbons (Fsp3) is 0.600. The zero-order chi connectivity index (χ0) is 15.3. The molecule has 0 amide bonds. The predicted molar refractivity (Wildman–Crippen MR) is 82.3 cm³/mol. The largest absolute Gasteiger partial charge is 0.491 e. The highest BCUT2D eigenvalue weighted by molar-refractivity contribution is 7.91. The van der Waals surface area contributed by atoms with Gasteiger partial charge in [0.1, 0.15) is 18.5 Å². The summed E-state index contributed by atoms with van der Waals surface area (Å²) in [4.78, 5) is 0. The van der Waals surface area contributed by atoms with Crippen LogP contribution in [0.1, 0.15) is 12.0 Å². The van der Waals surface area contributed by atoms with Gasteiger partial charge in [-0.05, 0) is 43.5 Å². The lowest BCUT2D eigenvalue weighted by Crippen LogP contribution is -2.34. The number of hydrogen-bond acceptors (Lipinski definition) is 5. The zero-order valence-corrected chi connectivity index (χ0v) is 13.1. The van der Waals surface area contributed by atoms with Crippen LogP contribution in [-0.4, -0.2) is 50.8 Å². The molecule has 1 aromatic rings. The molecule has 2 N–H and O–H groups in total. The Balaban J connectivity index is 1.63. The van der Waals surface area contributed by atoms with Gasteiger partial charge in [-0.15, -0.1) is 0 Å². The van der Waals surface area contributed by atoms with Crippen LogP contribution in [-0.2, 0) is 9.84 Å². The number of nitrogens with one attached hydrogen (secondary N) is 1. The highest BCUT2D eigenvalue weighted by Crippen LogP contribution is 2.17. The Bertz CT molecular complexity index is 559. The predicted octanol–water partition coefficient (Wildman–Crippen LogP) is 0.759. The topological polar surface area (TPSA) is 75.6 Å². The van der Waals surface area contributed by atoms with E-state index in [4.69, 9.17) is 4.74 Å². The first kappa shape index (κ1) is 16.3. The molecule has 1 aliphatic heterocycles. The number of rotatable bonds is 7. The van der Waals surface area contributed by atoms with Crippen molar-refractivity contribution in [1.82, 2.24) is 5.32 Å². The molecule has 2 rings (SSSR count). The van der Waals surface area contributed by atoms with E-state index < -0.39 is 15.9 Å². The van der Waals surface area contributed by atoms with Gasteiger partial charge in [0.15, 0.2) is 9.84 Å². The smallest absolute Gasteiger partial charge is 0.150 e. The second-order valence-electron chi connectivity index (χ2n) is 5.71. The minimum Gasteiger partial charge on any atom is -0.491 e. The molecule has 0 spiro atoms. The first-order valence-electron chi connectivity index (χ1n) is 7.23. The van der Waals surface area contributed by atoms with Gasteiger partial charge >= 0.3 is 0 Å². The molecule has 0 bridgehead atoms. The second-order valence-corrected chi connectivity index (χ2v) is 7.94. The molecule has 5 nitrogen and oxygen atoms in total. The van der Waals surface area contributed by atoms with E-state index in [1.165, 1.54) is 0 Å². The number of benzene rings is 1. The van der Waals surface area contributed by atoms with Gasteiger partial charge in [0.2, 0.25) is 0 Å². The number of ether oxygens (including phenoxy) is 1. The van der Waals surface area contributed by atoms with E-state index in [2.05, 4.69) is 5.32 Å². The molecule has 0 aliphatic carbocycles. The summed E-state index contributed by atoms with van der Waals surface area (Å²) in [5.41, 5.74) is 1.11. The standard InChI is InChI=1S/C15H23NO4S/c1-12-3-2-4-15(7-12)20-10-14(17)9-16-8-13-5-6-21(18,19)11-13/h2-4,7,13-14,16-17H,5-6,8-11H2,1H3. The minimum atomic E-state index is -2.82. The Labute approximate surface area is 126 Å². The summed E-state index contributed by atoms with van der Waals surface area (Å²) in [6, 6.07) is 7.68. The molecule has 1 fully saturated rings. The lowest BCUT2D eigenvalue weighted by Gasteiger charge is -2.15. The maximum atomic E-state index is 11.3. The summed E-state index contributed by atoms with van der Waals surface area (Å²) in [6.07, 6.45) is 0.106. The van der Waals surface area contributed by atoms with Crippen LogP contribution in [0.5, 0.6) is 5.75 Å². The number of hydrogen-bond donors (Lipinski definition) is 2. The van der Waals surface area contributed by atoms with Crippen LogP contribution in [0, 0.1) is 12.8 Å². The van der Waals surface area contributed by atoms with Crippen molar-refractivity contribution >= 4 is 9.84 Å². The monoisotopic (exact) mass is 313 g/mol. The van der Waals surface area contributed by atoms with Gasteiger partial charge in [-0.1, -0.05) is 12.1 Å². The summed E-state index contributed by atoms with van der Waals surface area (Å²) < 4.78 is 28.2. The molecule has 2 atom stereocenters. The maximum absolute atomic E-state index is 11.3. The van der Waals surface area contributed by atoms with Crippen molar-refractivity contribution < 1.29 is 18.3 Å². The Hall–Kier alpha value is -1.11. The SMILES string of the molecule is Cc1cccc(OCC(O)CNCC2CCS(=O)(=O)C2)c1. The normalized spacial score (nSPS) is 22.1. The highest BCUT2D eigenvalue weighted by Gasteiger charge is 2.27. The van der Waals surface area contributed by atoms with Crippen LogP contribution in [0.15, 0.2) is 24.3 Å². The first-order valence-corrected chi connectivity index (χ1v) is 9.05. The molecule has 0 saturated carbocycles. The van der Waals surface area contributed by atoms with Crippen LogP contribution in [0.25, 0.3) is 0 Å². The van der Waals surface area contributed by atoms with Crippen molar-refractivity contribution in [2.24, 2.45) is 5.92 Å². The molecule has 1 aliphatic rings. The van der Waals surface area contributed by atoms with Gasteiger partial charge in [0, 0.05) is 6.54 Å². The van der Waals surface area contributed by atoms with E-state index >= 15 is 0 Å². The summed E-state index contributed by atoms with van der Waals surface area (Å²) in [5, 5.41) is 13.0. The molecule has 0 aromatic heterocycles. The highest BCUT2D eigenvalue weighted by atomic mass is 32.2. The molecule has 0 radical (unpaired) electrons. The lowest BCUT2D eigenvalue weighted by atomic mass is 10.1. The number of aliphatic hydroxyl groups is 1. The Morgan fingerprint density at radius 3 is 2.95 bits per heavy atom. The van der Waals surface area contributed by atoms with E-state index in [9.17, 15) is 13.5 Å². The van der Waals surface area contributed by atoms with Gasteiger partial charge in [-0.3, -0.25) is 0 Å². The Morgan fingerprint density at radius 1 is 1.48 bits per heavy atom. The number of aryl methyl sites for hydroxylation is 1. The van der Waals surface area contributed by atoms with Gasteiger partial charge in [0.05, 0.1) is 11.5 Å². The van der Waals surface area contributed by atoms with Gasteiger partial charge in [0.25, 0.3) is 0 Å². The van der Waals surface area contributed by atoms with Crippen molar-refractivity contribution in [3.8, 4) is 5.75 Å². The van der Waals surface area contributed by atoms with Crippen LogP contribution in [0.3, 0.4) is 0 Å². The summed E-state index contributed by atoms with van der Waals surface area (Å²) in [6.45, 7) is 3.24. The van der Waals surface area contributed by atoms with Crippen LogP contribution in [0.2, 0.25) is 0 Å². The van der Waals surface area contributed by atoms with Gasteiger partial charge < -0.3 is 15.2 Å². The lowest BCUT2D eigenvalue weighted by molar-refractivity contribution is 0.105. The van der Waals surface area contributed by atoms with Crippen LogP contribution >= 0.6 is 0 Å². The number of sulfone groups is 1. The number of aliphatic hydroxyl groups excluding tert-OH is 1. The molecule has 1 heterocycles. The second kappa shape index (κ2) is 7.24. The van der Waals surface area contributed by atoms with E-state index in [0.29, 0.717) is 25.3 Å². The third kappa shape index (κ3) is 5.65. The summed E-state index contributed by atoms with van der Waals surface area (Å²) in [5.74, 6) is 1.46.